The Hall–Kier alpha value is -0.370. The molecule has 4 rings (SSSR count). The molecule has 0 aromatic heterocycles. The van der Waals surface area contributed by atoms with Gasteiger partial charge in [-0.3, -0.25) is 4.79 Å². The second-order valence-corrected chi connectivity index (χ2v) is 9.81. The number of hydrogen-bond acceptors (Lipinski definition) is 2. The van der Waals surface area contributed by atoms with Crippen molar-refractivity contribution in [3.63, 3.8) is 0 Å². The Morgan fingerprint density at radius 3 is 2.39 bits per heavy atom. The fourth-order valence-corrected chi connectivity index (χ4v) is 7.89. The fraction of sp³-hybridized carbons (Fsp3) is 0.952. The molecule has 7 atom stereocenters. The first-order valence-corrected chi connectivity index (χ1v) is 10.1. The van der Waals surface area contributed by atoms with Gasteiger partial charge < -0.3 is 5.11 Å². The smallest absolute Gasteiger partial charge is 0.161 e. The average molecular weight is 319 g/mol. The summed E-state index contributed by atoms with van der Waals surface area (Å²) < 4.78 is 0. The molecule has 0 spiro atoms. The van der Waals surface area contributed by atoms with Gasteiger partial charge in [-0.25, -0.2) is 0 Å². The van der Waals surface area contributed by atoms with Crippen molar-refractivity contribution < 1.29 is 9.90 Å². The van der Waals surface area contributed by atoms with Crippen molar-refractivity contribution in [1.29, 1.82) is 0 Å². The van der Waals surface area contributed by atoms with Crippen LogP contribution in [0.25, 0.3) is 0 Å². The first kappa shape index (κ1) is 16.1. The molecule has 1 N–H and O–H groups in total. The first-order valence-electron chi connectivity index (χ1n) is 10.1. The second-order valence-electron chi connectivity index (χ2n) is 9.81. The normalized spacial score (nSPS) is 55.7. The number of Topliss-reactive ketones (excluding diaryl/α,β-unsaturated/α-hetero) is 1. The van der Waals surface area contributed by atoms with Gasteiger partial charge in [-0.2, -0.15) is 0 Å². The number of carbonyl (C=O) groups is 1. The molecule has 0 aliphatic heterocycles. The SMILES string of the molecule is CC(=O)[C@]1(O)CC[C@@H]2[C@@H]3CC[C@@H]4CCCC[C@]4(C)[C@H]3CC[C@]21C. The Labute approximate surface area is 141 Å². The summed E-state index contributed by atoms with van der Waals surface area (Å²) in [6.45, 7) is 6.43. The predicted molar refractivity (Wildman–Crippen MR) is 92.0 cm³/mol. The van der Waals surface area contributed by atoms with E-state index in [-0.39, 0.29) is 11.2 Å². The van der Waals surface area contributed by atoms with Crippen molar-refractivity contribution in [2.75, 3.05) is 0 Å². The van der Waals surface area contributed by atoms with Crippen LogP contribution in [0.15, 0.2) is 0 Å². The van der Waals surface area contributed by atoms with Gasteiger partial charge in [0.25, 0.3) is 0 Å². The zero-order valence-corrected chi connectivity index (χ0v) is 15.2. The highest BCUT2D eigenvalue weighted by molar-refractivity contribution is 5.86. The summed E-state index contributed by atoms with van der Waals surface area (Å²) in [5.41, 5.74) is -0.676. The molecule has 0 unspecified atom stereocenters. The van der Waals surface area contributed by atoms with Crippen LogP contribution in [-0.2, 0) is 4.79 Å². The molecule has 0 amide bonds. The molecular weight excluding hydrogens is 284 g/mol. The van der Waals surface area contributed by atoms with Crippen molar-refractivity contribution in [3.05, 3.63) is 0 Å². The van der Waals surface area contributed by atoms with Gasteiger partial charge in [-0.1, -0.05) is 26.7 Å². The molecule has 2 heteroatoms. The molecule has 4 aliphatic carbocycles. The van der Waals surface area contributed by atoms with E-state index < -0.39 is 5.60 Å². The quantitative estimate of drug-likeness (QED) is 0.758. The van der Waals surface area contributed by atoms with Crippen molar-refractivity contribution in [2.24, 2.45) is 34.5 Å². The minimum absolute atomic E-state index is 0.0125. The van der Waals surface area contributed by atoms with Gasteiger partial charge in [-0.05, 0) is 87.4 Å². The highest BCUT2D eigenvalue weighted by Crippen LogP contribution is 2.68. The number of carbonyl (C=O) groups excluding carboxylic acids is 1. The Morgan fingerprint density at radius 2 is 1.65 bits per heavy atom. The van der Waals surface area contributed by atoms with Crippen LogP contribution >= 0.6 is 0 Å². The predicted octanol–water partition coefficient (Wildman–Crippen LogP) is 4.74. The molecule has 0 bridgehead atoms. The lowest BCUT2D eigenvalue weighted by Gasteiger charge is -2.61. The summed E-state index contributed by atoms with van der Waals surface area (Å²) in [7, 11) is 0. The van der Waals surface area contributed by atoms with Crippen LogP contribution in [0.5, 0.6) is 0 Å². The Balaban J connectivity index is 1.67. The van der Waals surface area contributed by atoms with Crippen LogP contribution < -0.4 is 0 Å². The Kier molecular flexibility index (Phi) is 3.55. The highest BCUT2D eigenvalue weighted by Gasteiger charge is 2.65. The third-order valence-electron chi connectivity index (χ3n) is 9.32. The molecule has 0 radical (unpaired) electrons. The van der Waals surface area contributed by atoms with E-state index in [0.717, 1.165) is 30.6 Å². The molecule has 0 aromatic rings. The summed E-state index contributed by atoms with van der Waals surface area (Å²) in [6, 6.07) is 0. The summed E-state index contributed by atoms with van der Waals surface area (Å²) in [5.74, 6) is 3.11. The van der Waals surface area contributed by atoms with Crippen LogP contribution in [0, 0.1) is 34.5 Å². The summed E-state index contributed by atoms with van der Waals surface area (Å²) in [5, 5.41) is 11.2. The van der Waals surface area contributed by atoms with Crippen LogP contribution in [0.3, 0.4) is 0 Å². The maximum absolute atomic E-state index is 12.2. The van der Waals surface area contributed by atoms with E-state index in [0.29, 0.717) is 17.8 Å². The van der Waals surface area contributed by atoms with Crippen molar-refractivity contribution in [1.82, 2.24) is 0 Å². The number of fused-ring (bicyclic) bond motifs is 5. The van der Waals surface area contributed by atoms with E-state index in [1.165, 1.54) is 44.9 Å². The van der Waals surface area contributed by atoms with Crippen LogP contribution in [0.2, 0.25) is 0 Å². The van der Waals surface area contributed by atoms with Gasteiger partial charge in [0.2, 0.25) is 0 Å². The number of rotatable bonds is 1. The highest BCUT2D eigenvalue weighted by atomic mass is 16.3. The van der Waals surface area contributed by atoms with Crippen LogP contribution in [0.1, 0.15) is 85.0 Å². The number of hydrogen-bond donors (Lipinski definition) is 1. The van der Waals surface area contributed by atoms with Crippen molar-refractivity contribution in [2.45, 2.75) is 90.6 Å². The van der Waals surface area contributed by atoms with Crippen molar-refractivity contribution >= 4 is 5.78 Å². The first-order chi connectivity index (χ1) is 10.8. The zero-order chi connectivity index (χ0) is 16.5. The van der Waals surface area contributed by atoms with E-state index in [9.17, 15) is 9.90 Å². The molecular formula is C21H34O2. The lowest BCUT2D eigenvalue weighted by molar-refractivity contribution is -0.167. The van der Waals surface area contributed by atoms with Gasteiger partial charge in [0.15, 0.2) is 5.78 Å². The molecule has 0 saturated heterocycles. The van der Waals surface area contributed by atoms with E-state index in [2.05, 4.69) is 13.8 Å². The second kappa shape index (κ2) is 5.07. The van der Waals surface area contributed by atoms with E-state index in [1.54, 1.807) is 6.92 Å². The minimum atomic E-state index is -1.05. The van der Waals surface area contributed by atoms with E-state index >= 15 is 0 Å². The maximum Gasteiger partial charge on any atom is 0.161 e. The van der Waals surface area contributed by atoms with Gasteiger partial charge in [-0.15, -0.1) is 0 Å². The summed E-state index contributed by atoms with van der Waals surface area (Å²) in [6.07, 6.45) is 12.5. The van der Waals surface area contributed by atoms with Crippen LogP contribution in [-0.4, -0.2) is 16.5 Å². The summed E-state index contributed by atoms with van der Waals surface area (Å²) in [4.78, 5) is 12.2. The molecule has 0 heterocycles. The summed E-state index contributed by atoms with van der Waals surface area (Å²) >= 11 is 0. The molecule has 23 heavy (non-hydrogen) atoms. The van der Waals surface area contributed by atoms with Crippen LogP contribution in [0.4, 0.5) is 0 Å². The van der Waals surface area contributed by atoms with Gasteiger partial charge in [0.1, 0.15) is 5.60 Å². The lowest BCUT2D eigenvalue weighted by Crippen LogP contribution is -2.58. The van der Waals surface area contributed by atoms with Gasteiger partial charge in [0, 0.05) is 5.41 Å². The number of ketones is 1. The number of aliphatic hydroxyl groups is 1. The van der Waals surface area contributed by atoms with E-state index in [1.807, 2.05) is 0 Å². The monoisotopic (exact) mass is 318 g/mol. The van der Waals surface area contributed by atoms with Crippen molar-refractivity contribution in [3.8, 4) is 0 Å². The van der Waals surface area contributed by atoms with Gasteiger partial charge >= 0.3 is 0 Å². The fourth-order valence-electron chi connectivity index (χ4n) is 7.89. The molecule has 130 valence electrons. The molecule has 4 aliphatic rings. The maximum atomic E-state index is 12.2. The minimum Gasteiger partial charge on any atom is -0.382 e. The molecule has 0 aromatic carbocycles. The molecule has 4 fully saturated rings. The Bertz CT molecular complexity index is 514. The topological polar surface area (TPSA) is 37.3 Å². The van der Waals surface area contributed by atoms with E-state index in [4.69, 9.17) is 0 Å². The van der Waals surface area contributed by atoms with Gasteiger partial charge in [0.05, 0.1) is 0 Å². The third kappa shape index (κ3) is 1.94. The molecule has 4 saturated carbocycles. The zero-order valence-electron chi connectivity index (χ0n) is 15.2. The third-order valence-corrected chi connectivity index (χ3v) is 9.32. The lowest BCUT2D eigenvalue weighted by atomic mass is 9.44. The largest absolute Gasteiger partial charge is 0.382 e. The molecule has 2 nitrogen and oxygen atoms in total. The Morgan fingerprint density at radius 1 is 0.913 bits per heavy atom. The average Bonchev–Trinajstić information content (AvgIpc) is 2.80. The standard InChI is InChI=1S/C21H34O2/c1-14(22)21(23)13-10-18-16-8-7-15-6-4-5-11-19(15,2)17(16)9-12-20(18,21)3/h15-18,23H,4-13H2,1-3H3/t15-,16+,17-,18+,19-,20+,21+/m0/s1.